The fraction of sp³-hybridized carbons (Fsp3) is 0.929. The van der Waals surface area contributed by atoms with Crippen LogP contribution in [0.2, 0.25) is 0 Å². The van der Waals surface area contributed by atoms with Crippen molar-refractivity contribution in [1.82, 2.24) is 0 Å². The Morgan fingerprint density at radius 2 is 1.78 bits per heavy atom. The average molecular weight is 255 g/mol. The predicted molar refractivity (Wildman–Crippen MR) is 69.0 cm³/mol. The third kappa shape index (κ3) is 3.23. The average Bonchev–Trinajstić information content (AvgIpc) is 3.22. The van der Waals surface area contributed by atoms with Crippen LogP contribution >= 0.6 is 0 Å². The summed E-state index contributed by atoms with van der Waals surface area (Å²) in [6.07, 6.45) is 6.36. The first-order valence-electron chi connectivity index (χ1n) is 7.06. The number of hydrogen-bond acceptors (Lipinski definition) is 4. The molecule has 1 atom stereocenters. The zero-order valence-electron chi connectivity index (χ0n) is 11.3. The first-order chi connectivity index (χ1) is 8.70. The highest BCUT2D eigenvalue weighted by Gasteiger charge is 2.44. The second kappa shape index (κ2) is 6.02. The molecule has 0 amide bonds. The van der Waals surface area contributed by atoms with Crippen LogP contribution in [0.4, 0.5) is 0 Å². The lowest BCUT2D eigenvalue weighted by molar-refractivity contribution is -0.154. The van der Waals surface area contributed by atoms with Crippen molar-refractivity contribution in [2.24, 2.45) is 23.0 Å². The summed E-state index contributed by atoms with van der Waals surface area (Å²) in [7, 11) is 1.48. The number of carbonyl (C=O) groups is 1. The molecule has 1 unspecified atom stereocenters. The van der Waals surface area contributed by atoms with Crippen LogP contribution in [0.25, 0.3) is 0 Å². The molecule has 0 aromatic carbocycles. The fourth-order valence-corrected chi connectivity index (χ4v) is 3.09. The van der Waals surface area contributed by atoms with Crippen LogP contribution in [-0.4, -0.2) is 32.8 Å². The minimum Gasteiger partial charge on any atom is -0.469 e. The minimum atomic E-state index is -0.447. The molecule has 1 heterocycles. The number of nitrogens with two attached hydrogens (primary N) is 1. The van der Waals surface area contributed by atoms with Gasteiger partial charge in [-0.15, -0.1) is 0 Å². The quantitative estimate of drug-likeness (QED) is 0.734. The van der Waals surface area contributed by atoms with Crippen LogP contribution in [-0.2, 0) is 14.3 Å². The molecule has 1 aliphatic carbocycles. The van der Waals surface area contributed by atoms with Gasteiger partial charge >= 0.3 is 5.97 Å². The van der Waals surface area contributed by atoms with Gasteiger partial charge in [0.05, 0.1) is 12.5 Å². The van der Waals surface area contributed by atoms with Gasteiger partial charge in [-0.2, -0.15) is 0 Å². The molecule has 2 aliphatic rings. The minimum absolute atomic E-state index is 0.108. The summed E-state index contributed by atoms with van der Waals surface area (Å²) in [5, 5.41) is 0. The molecular weight excluding hydrogens is 230 g/mol. The lowest BCUT2D eigenvalue weighted by Crippen LogP contribution is -2.42. The molecule has 0 bridgehead atoms. The van der Waals surface area contributed by atoms with Gasteiger partial charge in [0.25, 0.3) is 0 Å². The van der Waals surface area contributed by atoms with Gasteiger partial charge in [-0.25, -0.2) is 0 Å². The fourth-order valence-electron chi connectivity index (χ4n) is 3.09. The molecule has 2 N–H and O–H groups in total. The zero-order chi connectivity index (χ0) is 13.0. The number of rotatable bonds is 6. The van der Waals surface area contributed by atoms with Crippen molar-refractivity contribution >= 4 is 5.97 Å². The van der Waals surface area contributed by atoms with Gasteiger partial charge in [0.1, 0.15) is 0 Å². The van der Waals surface area contributed by atoms with Crippen LogP contribution in [0, 0.1) is 17.3 Å². The number of carbonyl (C=O) groups excluding carboxylic acids is 1. The maximum absolute atomic E-state index is 12.2. The molecule has 0 spiro atoms. The number of hydrogen-bond donors (Lipinski definition) is 1. The summed E-state index contributed by atoms with van der Waals surface area (Å²) < 4.78 is 10.4. The second-order valence-corrected chi connectivity index (χ2v) is 5.88. The molecule has 2 fully saturated rings. The Morgan fingerprint density at radius 1 is 1.22 bits per heavy atom. The topological polar surface area (TPSA) is 61.5 Å². The maximum atomic E-state index is 12.2. The number of ether oxygens (including phenoxy) is 2. The van der Waals surface area contributed by atoms with Crippen LogP contribution in [0.1, 0.15) is 38.5 Å². The zero-order valence-corrected chi connectivity index (χ0v) is 11.3. The van der Waals surface area contributed by atoms with Gasteiger partial charge in [0.2, 0.25) is 0 Å². The van der Waals surface area contributed by atoms with Crippen LogP contribution in [0.3, 0.4) is 0 Å². The Morgan fingerprint density at radius 3 is 2.22 bits per heavy atom. The molecule has 1 aliphatic heterocycles. The van der Waals surface area contributed by atoms with Gasteiger partial charge in [-0.3, -0.25) is 4.79 Å². The van der Waals surface area contributed by atoms with Crippen molar-refractivity contribution in [3.8, 4) is 0 Å². The molecule has 0 aromatic rings. The number of methoxy groups -OCH3 is 1. The van der Waals surface area contributed by atoms with Gasteiger partial charge in [0.15, 0.2) is 0 Å². The van der Waals surface area contributed by atoms with Crippen molar-refractivity contribution in [2.75, 3.05) is 26.9 Å². The molecule has 18 heavy (non-hydrogen) atoms. The van der Waals surface area contributed by atoms with E-state index in [2.05, 4.69) is 0 Å². The van der Waals surface area contributed by atoms with Gasteiger partial charge < -0.3 is 15.2 Å². The molecule has 0 aromatic heterocycles. The Hall–Kier alpha value is -0.610. The summed E-state index contributed by atoms with van der Waals surface area (Å²) in [4.78, 5) is 12.2. The third-order valence-corrected chi connectivity index (χ3v) is 4.41. The Bertz CT molecular complexity index is 285. The summed E-state index contributed by atoms with van der Waals surface area (Å²) in [5.74, 6) is 1.14. The Kier molecular flexibility index (Phi) is 4.62. The van der Waals surface area contributed by atoms with Crippen molar-refractivity contribution in [1.29, 1.82) is 0 Å². The highest BCUT2D eigenvalue weighted by molar-refractivity contribution is 5.77. The van der Waals surface area contributed by atoms with Gasteiger partial charge in [-0.05, 0) is 37.5 Å². The molecule has 1 saturated heterocycles. The van der Waals surface area contributed by atoms with Gasteiger partial charge in [0, 0.05) is 19.8 Å². The van der Waals surface area contributed by atoms with Crippen molar-refractivity contribution in [2.45, 2.75) is 38.5 Å². The van der Waals surface area contributed by atoms with Gasteiger partial charge in [-0.1, -0.05) is 12.8 Å². The van der Waals surface area contributed by atoms with E-state index in [4.69, 9.17) is 15.2 Å². The molecule has 2 rings (SSSR count). The van der Waals surface area contributed by atoms with Crippen molar-refractivity contribution in [3.05, 3.63) is 0 Å². The van der Waals surface area contributed by atoms with E-state index in [-0.39, 0.29) is 5.97 Å². The largest absolute Gasteiger partial charge is 0.469 e. The monoisotopic (exact) mass is 255 g/mol. The SMILES string of the molecule is COC(=O)C(CN)(CC1CCOCC1)CC1CC1. The van der Waals surface area contributed by atoms with Crippen LogP contribution < -0.4 is 5.73 Å². The highest BCUT2D eigenvalue weighted by atomic mass is 16.5. The van der Waals surface area contributed by atoms with Crippen LogP contribution in [0.15, 0.2) is 0 Å². The summed E-state index contributed by atoms with van der Waals surface area (Å²) in [6.45, 7) is 2.04. The summed E-state index contributed by atoms with van der Waals surface area (Å²) in [5.41, 5.74) is 5.50. The van der Waals surface area contributed by atoms with E-state index in [9.17, 15) is 4.79 Å². The van der Waals surface area contributed by atoms with E-state index in [1.165, 1.54) is 20.0 Å². The summed E-state index contributed by atoms with van der Waals surface area (Å²) in [6, 6.07) is 0. The predicted octanol–water partition coefficient (Wildman–Crippen LogP) is 1.72. The molecule has 4 nitrogen and oxygen atoms in total. The van der Waals surface area contributed by atoms with E-state index < -0.39 is 5.41 Å². The van der Waals surface area contributed by atoms with Crippen molar-refractivity contribution < 1.29 is 14.3 Å². The standard InChI is InChI=1S/C14H25NO3/c1-17-13(16)14(10-15,8-11-2-3-11)9-12-4-6-18-7-5-12/h11-12H,2-10,15H2,1H3. The van der Waals surface area contributed by atoms with Crippen LogP contribution in [0.5, 0.6) is 0 Å². The van der Waals surface area contributed by atoms with Crippen molar-refractivity contribution in [3.63, 3.8) is 0 Å². The maximum Gasteiger partial charge on any atom is 0.313 e. The molecule has 0 radical (unpaired) electrons. The van der Waals surface area contributed by atoms with E-state index >= 15 is 0 Å². The Balaban J connectivity index is 2.02. The molecular formula is C14H25NO3. The highest BCUT2D eigenvalue weighted by Crippen LogP contribution is 2.44. The third-order valence-electron chi connectivity index (χ3n) is 4.41. The molecule has 1 saturated carbocycles. The second-order valence-electron chi connectivity index (χ2n) is 5.88. The Labute approximate surface area is 109 Å². The van der Waals surface area contributed by atoms with E-state index in [1.54, 1.807) is 0 Å². The van der Waals surface area contributed by atoms with E-state index in [0.29, 0.717) is 18.4 Å². The normalized spacial score (nSPS) is 24.6. The van der Waals surface area contributed by atoms with E-state index in [1.807, 2.05) is 0 Å². The molecule has 104 valence electrons. The lowest BCUT2D eigenvalue weighted by atomic mass is 9.73. The number of esters is 1. The smallest absolute Gasteiger partial charge is 0.313 e. The molecule has 4 heteroatoms. The first-order valence-corrected chi connectivity index (χ1v) is 7.06. The summed E-state index contributed by atoms with van der Waals surface area (Å²) >= 11 is 0. The van der Waals surface area contributed by atoms with E-state index in [0.717, 1.165) is 38.9 Å². The first kappa shape index (κ1) is 13.8. The lowest BCUT2D eigenvalue weighted by Gasteiger charge is -2.34.